The molecule has 2 fully saturated rings. The quantitative estimate of drug-likeness (QED) is 0.201. The van der Waals surface area contributed by atoms with Crippen LogP contribution in [-0.4, -0.2) is 17.6 Å². The number of pyridine rings is 1. The van der Waals surface area contributed by atoms with Gasteiger partial charge in [-0.2, -0.15) is 0 Å². The Bertz CT molecular complexity index is 673. The largest absolute Gasteiger partial charge is 0.478 e. The minimum atomic E-state index is -0.0844. The lowest BCUT2D eigenvalue weighted by Crippen LogP contribution is -2.26. The molecule has 3 rings (SSSR count). The number of carbonyl (C=O) groups excluding carboxylic acids is 1. The first-order chi connectivity index (χ1) is 16.7. The highest BCUT2D eigenvalue weighted by molar-refractivity contribution is 5.75. The molecule has 0 atom stereocenters. The Morgan fingerprint density at radius 2 is 1.41 bits per heavy atom. The molecule has 1 aromatic rings. The van der Waals surface area contributed by atoms with Gasteiger partial charge in [0.15, 0.2) is 0 Å². The number of esters is 1. The maximum Gasteiger partial charge on any atom is 0.314 e. The Kier molecular flexibility index (Phi) is 12.3. The standard InChI is InChI=1S/C30H49NO3/c1-3-5-7-8-22-33-29-21-20-28(23-31-29)34-30(32)27-18-16-26(17-19-27)15-14-25-12-10-24(11-13-25)9-6-4-2/h20-21,23-27H,3-19,22H2,1-2H3/t24-,25-,26-,27-. The third-order valence-corrected chi connectivity index (χ3v) is 8.27. The van der Waals surface area contributed by atoms with Crippen molar-refractivity contribution in [2.24, 2.45) is 23.7 Å². The molecule has 0 unspecified atom stereocenters. The number of hydrogen-bond donors (Lipinski definition) is 0. The average Bonchev–Trinajstić information content (AvgIpc) is 2.88. The van der Waals surface area contributed by atoms with E-state index in [0.717, 1.165) is 37.0 Å². The highest BCUT2D eigenvalue weighted by Gasteiger charge is 2.29. The average molecular weight is 472 g/mol. The minimum absolute atomic E-state index is 0.0414. The molecule has 0 aliphatic heterocycles. The van der Waals surface area contributed by atoms with Gasteiger partial charge in [0.1, 0.15) is 5.75 Å². The second-order valence-electron chi connectivity index (χ2n) is 11.0. The van der Waals surface area contributed by atoms with Gasteiger partial charge in [-0.3, -0.25) is 4.79 Å². The lowest BCUT2D eigenvalue weighted by molar-refractivity contribution is -0.140. The normalized spacial score (nSPS) is 25.1. The molecule has 0 amide bonds. The Morgan fingerprint density at radius 1 is 0.794 bits per heavy atom. The zero-order valence-corrected chi connectivity index (χ0v) is 21.9. The maximum absolute atomic E-state index is 12.7. The van der Waals surface area contributed by atoms with E-state index in [-0.39, 0.29) is 11.9 Å². The number of rotatable bonds is 14. The van der Waals surface area contributed by atoms with Crippen LogP contribution >= 0.6 is 0 Å². The van der Waals surface area contributed by atoms with E-state index in [9.17, 15) is 4.79 Å². The van der Waals surface area contributed by atoms with E-state index in [0.29, 0.717) is 18.2 Å². The summed E-state index contributed by atoms with van der Waals surface area (Å²) in [5.41, 5.74) is 0. The van der Waals surface area contributed by atoms with Crippen LogP contribution < -0.4 is 9.47 Å². The summed E-state index contributed by atoms with van der Waals surface area (Å²) < 4.78 is 11.3. The van der Waals surface area contributed by atoms with Crippen LogP contribution in [0.1, 0.15) is 123 Å². The van der Waals surface area contributed by atoms with E-state index in [2.05, 4.69) is 18.8 Å². The molecule has 0 spiro atoms. The summed E-state index contributed by atoms with van der Waals surface area (Å²) in [6.45, 7) is 5.20. The predicted molar refractivity (Wildman–Crippen MR) is 139 cm³/mol. The maximum atomic E-state index is 12.7. The van der Waals surface area contributed by atoms with Crippen LogP contribution in [0.15, 0.2) is 18.3 Å². The number of aromatic nitrogens is 1. The van der Waals surface area contributed by atoms with Gasteiger partial charge in [0.25, 0.3) is 0 Å². The molecule has 2 aliphatic rings. The third-order valence-electron chi connectivity index (χ3n) is 8.27. The lowest BCUT2D eigenvalue weighted by Gasteiger charge is -2.31. The summed E-state index contributed by atoms with van der Waals surface area (Å²) in [5, 5.41) is 0. The van der Waals surface area contributed by atoms with Crippen LogP contribution in [0.25, 0.3) is 0 Å². The molecule has 0 bridgehead atoms. The Balaban J connectivity index is 1.28. The SMILES string of the molecule is CCCCCCOc1ccc(OC(=O)[C@H]2CC[C@H](CC[C@H]3CC[C@H](CCCC)CC3)CC2)cn1. The Morgan fingerprint density at radius 3 is 2.00 bits per heavy atom. The Hall–Kier alpha value is -1.58. The van der Waals surface area contributed by atoms with Crippen molar-refractivity contribution < 1.29 is 14.3 Å². The van der Waals surface area contributed by atoms with Gasteiger partial charge in [0.2, 0.25) is 5.88 Å². The highest BCUT2D eigenvalue weighted by atomic mass is 16.5. The molecule has 0 saturated heterocycles. The van der Waals surface area contributed by atoms with Gasteiger partial charge in [-0.15, -0.1) is 0 Å². The second kappa shape index (κ2) is 15.4. The summed E-state index contributed by atoms with van der Waals surface area (Å²) in [7, 11) is 0. The molecule has 4 heteroatoms. The van der Waals surface area contributed by atoms with Crippen molar-refractivity contribution in [1.29, 1.82) is 0 Å². The van der Waals surface area contributed by atoms with Gasteiger partial charge in [0, 0.05) is 6.07 Å². The first-order valence-corrected chi connectivity index (χ1v) is 14.5. The van der Waals surface area contributed by atoms with Gasteiger partial charge < -0.3 is 9.47 Å². The molecule has 0 aromatic carbocycles. The molecular formula is C30H49NO3. The molecule has 0 radical (unpaired) electrons. The van der Waals surface area contributed by atoms with Crippen molar-refractivity contribution in [2.45, 2.75) is 123 Å². The van der Waals surface area contributed by atoms with Gasteiger partial charge in [-0.1, -0.05) is 90.9 Å². The number of hydrogen-bond acceptors (Lipinski definition) is 4. The number of nitrogens with zero attached hydrogens (tertiary/aromatic N) is 1. The highest BCUT2D eigenvalue weighted by Crippen LogP contribution is 2.38. The number of carbonyl (C=O) groups is 1. The topological polar surface area (TPSA) is 48.4 Å². The van der Waals surface area contributed by atoms with Crippen molar-refractivity contribution in [2.75, 3.05) is 6.61 Å². The lowest BCUT2D eigenvalue weighted by atomic mass is 9.75. The minimum Gasteiger partial charge on any atom is -0.478 e. The molecule has 2 saturated carbocycles. The summed E-state index contributed by atoms with van der Waals surface area (Å²) in [6, 6.07) is 3.60. The fourth-order valence-corrected chi connectivity index (χ4v) is 5.88. The molecule has 1 heterocycles. The molecule has 2 aliphatic carbocycles. The van der Waals surface area contributed by atoms with Gasteiger partial charge in [-0.25, -0.2) is 4.98 Å². The summed E-state index contributed by atoms with van der Waals surface area (Å²) in [5.74, 6) is 3.85. The second-order valence-corrected chi connectivity index (χ2v) is 11.0. The molecule has 192 valence electrons. The molecule has 1 aromatic heterocycles. The van der Waals surface area contributed by atoms with E-state index in [1.807, 2.05) is 0 Å². The zero-order chi connectivity index (χ0) is 24.0. The van der Waals surface area contributed by atoms with E-state index in [1.165, 1.54) is 89.9 Å². The smallest absolute Gasteiger partial charge is 0.314 e. The van der Waals surface area contributed by atoms with Crippen LogP contribution in [0.2, 0.25) is 0 Å². The van der Waals surface area contributed by atoms with Gasteiger partial charge in [-0.05, 0) is 55.9 Å². The molecular weight excluding hydrogens is 422 g/mol. The van der Waals surface area contributed by atoms with Crippen LogP contribution in [0.3, 0.4) is 0 Å². The monoisotopic (exact) mass is 471 g/mol. The third kappa shape index (κ3) is 9.58. The first-order valence-electron chi connectivity index (χ1n) is 14.5. The molecule has 0 N–H and O–H groups in total. The van der Waals surface area contributed by atoms with Crippen molar-refractivity contribution in [3.05, 3.63) is 18.3 Å². The van der Waals surface area contributed by atoms with Crippen molar-refractivity contribution >= 4 is 5.97 Å². The first kappa shape index (κ1) is 27.0. The van der Waals surface area contributed by atoms with Crippen LogP contribution in [-0.2, 0) is 4.79 Å². The summed E-state index contributed by atoms with van der Waals surface area (Å²) >= 11 is 0. The van der Waals surface area contributed by atoms with Crippen LogP contribution in [0, 0.1) is 23.7 Å². The van der Waals surface area contributed by atoms with Crippen molar-refractivity contribution in [3.8, 4) is 11.6 Å². The van der Waals surface area contributed by atoms with Gasteiger partial charge in [0.05, 0.1) is 18.7 Å². The number of ether oxygens (including phenoxy) is 2. The van der Waals surface area contributed by atoms with Crippen LogP contribution in [0.5, 0.6) is 11.6 Å². The predicted octanol–water partition coefficient (Wildman–Crippen LogP) is 8.53. The summed E-state index contributed by atoms with van der Waals surface area (Å²) in [4.78, 5) is 17.0. The van der Waals surface area contributed by atoms with Crippen LogP contribution in [0.4, 0.5) is 0 Å². The fourth-order valence-electron chi connectivity index (χ4n) is 5.88. The van der Waals surface area contributed by atoms with E-state index >= 15 is 0 Å². The Labute approximate surface area is 208 Å². The zero-order valence-electron chi connectivity index (χ0n) is 21.9. The van der Waals surface area contributed by atoms with Crippen molar-refractivity contribution in [1.82, 2.24) is 4.98 Å². The molecule has 34 heavy (non-hydrogen) atoms. The van der Waals surface area contributed by atoms with E-state index in [1.54, 1.807) is 18.3 Å². The van der Waals surface area contributed by atoms with Crippen molar-refractivity contribution in [3.63, 3.8) is 0 Å². The molecule has 4 nitrogen and oxygen atoms in total. The fraction of sp³-hybridized carbons (Fsp3) is 0.800. The number of unbranched alkanes of at least 4 members (excludes halogenated alkanes) is 4. The van der Waals surface area contributed by atoms with Gasteiger partial charge >= 0.3 is 5.97 Å². The van der Waals surface area contributed by atoms with E-state index in [4.69, 9.17) is 9.47 Å². The van der Waals surface area contributed by atoms with E-state index < -0.39 is 0 Å². The summed E-state index contributed by atoms with van der Waals surface area (Å²) in [6.07, 6.45) is 23.4.